The van der Waals surface area contributed by atoms with Crippen LogP contribution in [0, 0.1) is 0 Å². The summed E-state index contributed by atoms with van der Waals surface area (Å²) in [7, 11) is 0. The molecule has 1 aromatic carbocycles. The van der Waals surface area contributed by atoms with Crippen LogP contribution in [-0.2, 0) is 0 Å². The van der Waals surface area contributed by atoms with Crippen LogP contribution in [0.2, 0.25) is 0 Å². The fraction of sp³-hybridized carbons (Fsp3) is 0.632. The first-order valence-corrected chi connectivity index (χ1v) is 8.83. The van der Waals surface area contributed by atoms with Crippen molar-refractivity contribution in [1.29, 1.82) is 0 Å². The molecule has 1 aliphatic rings. The number of unbranched alkanes of at least 4 members (excludes halogenated alkanes) is 7. The Kier molecular flexibility index (Phi) is 6.75. The van der Waals surface area contributed by atoms with E-state index in [4.69, 9.17) is 5.11 Å². The topological polar surface area (TPSA) is 49.3 Å². The number of nitrogens with one attached hydrogen (secondary N) is 1. The Morgan fingerprint density at radius 2 is 1.82 bits per heavy atom. The molecule has 0 saturated carbocycles. The fourth-order valence-electron chi connectivity index (χ4n) is 3.32. The number of hydrogen-bond donors (Lipinski definition) is 2. The average Bonchev–Trinajstić information content (AvgIpc) is 2.92. The van der Waals surface area contributed by atoms with Gasteiger partial charge in [0.25, 0.3) is 0 Å². The maximum Gasteiger partial charge on any atom is 0.335 e. The summed E-state index contributed by atoms with van der Waals surface area (Å²) < 4.78 is 0. The van der Waals surface area contributed by atoms with Crippen molar-refractivity contribution < 1.29 is 9.90 Å². The normalized spacial score (nSPS) is 16.3. The minimum atomic E-state index is -0.833. The van der Waals surface area contributed by atoms with Crippen molar-refractivity contribution in [2.24, 2.45) is 0 Å². The molecule has 3 heteroatoms. The van der Waals surface area contributed by atoms with Crippen molar-refractivity contribution in [2.45, 2.75) is 70.6 Å². The molecule has 2 rings (SSSR count). The van der Waals surface area contributed by atoms with Gasteiger partial charge in [-0.15, -0.1) is 0 Å². The predicted octanol–water partition coefficient (Wildman–Crippen LogP) is 5.42. The van der Waals surface area contributed by atoms with Crippen molar-refractivity contribution in [2.75, 3.05) is 11.9 Å². The molecule has 0 spiro atoms. The standard InChI is InChI=1S/C19H29NO2/c1-2-3-4-5-6-7-8-9-10-16-14-20-18-12-11-15(19(21)22)13-17(16)18/h11-13,16,20H,2-10,14H2,1H3,(H,21,22)/t16-/m1/s1. The van der Waals surface area contributed by atoms with E-state index in [2.05, 4.69) is 12.2 Å². The van der Waals surface area contributed by atoms with E-state index in [-0.39, 0.29) is 0 Å². The van der Waals surface area contributed by atoms with Crippen LogP contribution in [0.25, 0.3) is 0 Å². The van der Waals surface area contributed by atoms with Gasteiger partial charge in [0, 0.05) is 18.2 Å². The lowest BCUT2D eigenvalue weighted by Gasteiger charge is -2.10. The summed E-state index contributed by atoms with van der Waals surface area (Å²) in [5.74, 6) is -0.352. The third-order valence-electron chi connectivity index (χ3n) is 4.68. The molecule has 2 N–H and O–H groups in total. The zero-order valence-electron chi connectivity index (χ0n) is 13.7. The van der Waals surface area contributed by atoms with E-state index in [9.17, 15) is 4.79 Å². The monoisotopic (exact) mass is 303 g/mol. The van der Waals surface area contributed by atoms with Crippen LogP contribution in [-0.4, -0.2) is 17.6 Å². The molecule has 0 saturated heterocycles. The second kappa shape index (κ2) is 8.82. The smallest absolute Gasteiger partial charge is 0.335 e. The highest BCUT2D eigenvalue weighted by atomic mass is 16.4. The van der Waals surface area contributed by atoms with E-state index in [0.717, 1.165) is 18.7 Å². The third-order valence-corrected chi connectivity index (χ3v) is 4.68. The predicted molar refractivity (Wildman–Crippen MR) is 91.9 cm³/mol. The summed E-state index contributed by atoms with van der Waals surface area (Å²) in [4.78, 5) is 11.1. The molecular weight excluding hydrogens is 274 g/mol. The van der Waals surface area contributed by atoms with Gasteiger partial charge < -0.3 is 10.4 Å². The Morgan fingerprint density at radius 3 is 2.50 bits per heavy atom. The maximum absolute atomic E-state index is 11.1. The van der Waals surface area contributed by atoms with Gasteiger partial charge in [0.05, 0.1) is 5.56 Å². The van der Waals surface area contributed by atoms with Gasteiger partial charge in [0.15, 0.2) is 0 Å². The summed E-state index contributed by atoms with van der Waals surface area (Å²) in [6.07, 6.45) is 11.9. The molecule has 22 heavy (non-hydrogen) atoms. The average molecular weight is 303 g/mol. The highest BCUT2D eigenvalue weighted by Gasteiger charge is 2.22. The minimum Gasteiger partial charge on any atom is -0.478 e. The lowest BCUT2D eigenvalue weighted by molar-refractivity contribution is 0.0697. The van der Waals surface area contributed by atoms with E-state index < -0.39 is 5.97 Å². The SMILES string of the molecule is CCCCCCCCCC[C@@H]1CNc2ccc(C(=O)O)cc21. The molecule has 0 aromatic heterocycles. The quantitative estimate of drug-likeness (QED) is 0.567. The molecule has 1 heterocycles. The number of aromatic carboxylic acids is 1. The summed E-state index contributed by atoms with van der Waals surface area (Å²) in [5.41, 5.74) is 2.72. The molecule has 1 aliphatic heterocycles. The first kappa shape index (κ1) is 16.9. The van der Waals surface area contributed by atoms with Crippen LogP contribution in [0.5, 0.6) is 0 Å². The number of benzene rings is 1. The summed E-state index contributed by atoms with van der Waals surface area (Å²) in [6.45, 7) is 3.21. The summed E-state index contributed by atoms with van der Waals surface area (Å²) in [6, 6.07) is 5.45. The molecule has 1 aromatic rings. The van der Waals surface area contributed by atoms with Gasteiger partial charge in [-0.3, -0.25) is 0 Å². The molecule has 3 nitrogen and oxygen atoms in total. The minimum absolute atomic E-state index is 0.406. The summed E-state index contributed by atoms with van der Waals surface area (Å²) in [5, 5.41) is 12.5. The Balaban J connectivity index is 1.70. The number of rotatable bonds is 10. The molecule has 0 unspecified atom stereocenters. The zero-order chi connectivity index (χ0) is 15.8. The van der Waals surface area contributed by atoms with Crippen LogP contribution >= 0.6 is 0 Å². The van der Waals surface area contributed by atoms with Crippen molar-refractivity contribution in [3.8, 4) is 0 Å². The van der Waals surface area contributed by atoms with Gasteiger partial charge in [-0.25, -0.2) is 4.79 Å². The van der Waals surface area contributed by atoms with E-state index in [1.807, 2.05) is 12.1 Å². The van der Waals surface area contributed by atoms with Gasteiger partial charge in [0.2, 0.25) is 0 Å². The Bertz CT molecular complexity index is 484. The number of hydrogen-bond acceptors (Lipinski definition) is 2. The lowest BCUT2D eigenvalue weighted by Crippen LogP contribution is -2.02. The maximum atomic E-state index is 11.1. The van der Waals surface area contributed by atoms with Crippen LogP contribution in [0.15, 0.2) is 18.2 Å². The second-order valence-electron chi connectivity index (χ2n) is 6.45. The first-order valence-electron chi connectivity index (χ1n) is 8.83. The van der Waals surface area contributed by atoms with Gasteiger partial charge >= 0.3 is 5.97 Å². The third kappa shape index (κ3) is 4.75. The number of carboxylic acid groups (broad SMARTS) is 1. The van der Waals surface area contributed by atoms with E-state index in [0.29, 0.717) is 11.5 Å². The van der Waals surface area contributed by atoms with Gasteiger partial charge in [-0.05, 0) is 30.2 Å². The van der Waals surface area contributed by atoms with E-state index >= 15 is 0 Å². The van der Waals surface area contributed by atoms with Crippen LogP contribution in [0.1, 0.15) is 86.6 Å². The highest BCUT2D eigenvalue weighted by Crippen LogP contribution is 2.35. The molecule has 0 amide bonds. The molecular formula is C19H29NO2. The number of anilines is 1. The van der Waals surface area contributed by atoms with Gasteiger partial charge in [-0.1, -0.05) is 58.3 Å². The van der Waals surface area contributed by atoms with Crippen LogP contribution in [0.3, 0.4) is 0 Å². The van der Waals surface area contributed by atoms with Crippen LogP contribution < -0.4 is 5.32 Å². The van der Waals surface area contributed by atoms with Crippen molar-refractivity contribution in [3.05, 3.63) is 29.3 Å². The first-order chi connectivity index (χ1) is 10.7. The zero-order valence-corrected chi connectivity index (χ0v) is 13.7. The van der Waals surface area contributed by atoms with Gasteiger partial charge in [0.1, 0.15) is 0 Å². The molecule has 0 aliphatic carbocycles. The number of carbonyl (C=O) groups is 1. The Morgan fingerprint density at radius 1 is 1.14 bits per heavy atom. The lowest BCUT2D eigenvalue weighted by atomic mass is 9.93. The molecule has 0 fully saturated rings. The molecule has 0 radical (unpaired) electrons. The molecule has 122 valence electrons. The van der Waals surface area contributed by atoms with Crippen molar-refractivity contribution >= 4 is 11.7 Å². The second-order valence-corrected chi connectivity index (χ2v) is 6.45. The highest BCUT2D eigenvalue weighted by molar-refractivity contribution is 5.88. The molecule has 0 bridgehead atoms. The Hall–Kier alpha value is -1.51. The number of fused-ring (bicyclic) bond motifs is 1. The number of carboxylic acids is 1. The van der Waals surface area contributed by atoms with Crippen molar-refractivity contribution in [1.82, 2.24) is 0 Å². The van der Waals surface area contributed by atoms with E-state index in [1.54, 1.807) is 6.07 Å². The van der Waals surface area contributed by atoms with Crippen molar-refractivity contribution in [3.63, 3.8) is 0 Å². The largest absolute Gasteiger partial charge is 0.478 e. The Labute approximate surface area is 134 Å². The van der Waals surface area contributed by atoms with Crippen LogP contribution in [0.4, 0.5) is 5.69 Å². The van der Waals surface area contributed by atoms with Gasteiger partial charge in [-0.2, -0.15) is 0 Å². The van der Waals surface area contributed by atoms with E-state index in [1.165, 1.54) is 56.9 Å². The fourth-order valence-corrected chi connectivity index (χ4v) is 3.32. The molecule has 1 atom stereocenters. The summed E-state index contributed by atoms with van der Waals surface area (Å²) >= 11 is 0.